The number of nitrogens with zero attached hydrogens (tertiary/aromatic N) is 4. The molecule has 0 unspecified atom stereocenters. The molecule has 4 heteroatoms. The molecule has 0 aliphatic heterocycles. The Kier molecular flexibility index (Phi) is 10.9. The molecule has 0 amide bonds. The van der Waals surface area contributed by atoms with Crippen LogP contribution in [0, 0.1) is 0 Å². The highest BCUT2D eigenvalue weighted by Gasteiger charge is 2.00. The lowest BCUT2D eigenvalue weighted by Crippen LogP contribution is -2.23. The van der Waals surface area contributed by atoms with Crippen molar-refractivity contribution in [1.29, 1.82) is 0 Å². The average Bonchev–Trinajstić information content (AvgIpc) is 3.26. The van der Waals surface area contributed by atoms with E-state index in [-0.39, 0.29) is 0 Å². The maximum absolute atomic E-state index is 2.29. The van der Waals surface area contributed by atoms with Crippen molar-refractivity contribution in [2.24, 2.45) is 14.1 Å². The summed E-state index contributed by atoms with van der Waals surface area (Å²) in [5.41, 5.74) is 0. The second-order valence-electron chi connectivity index (χ2n) is 8.23. The van der Waals surface area contributed by atoms with E-state index in [0.29, 0.717) is 0 Å². The van der Waals surface area contributed by atoms with E-state index in [9.17, 15) is 0 Å². The minimum absolute atomic E-state index is 1.17. The van der Waals surface area contributed by atoms with Crippen LogP contribution in [-0.4, -0.2) is 9.13 Å². The third-order valence-electron chi connectivity index (χ3n) is 5.48. The van der Waals surface area contributed by atoms with Crippen molar-refractivity contribution in [3.63, 3.8) is 0 Å². The third kappa shape index (κ3) is 10.4. The predicted molar refractivity (Wildman–Crippen MR) is 111 cm³/mol. The molecule has 0 N–H and O–H groups in total. The molecule has 0 spiro atoms. The smallest absolute Gasteiger partial charge is 0.240 e. The van der Waals surface area contributed by atoms with Gasteiger partial charge in [-0.25, -0.2) is 18.3 Å². The lowest BCUT2D eigenvalue weighted by Gasteiger charge is -2.03. The summed E-state index contributed by atoms with van der Waals surface area (Å²) < 4.78 is 8.81. The minimum atomic E-state index is 1.17. The van der Waals surface area contributed by atoms with Crippen LogP contribution in [0.4, 0.5) is 0 Å². The van der Waals surface area contributed by atoms with Gasteiger partial charge in [0.2, 0.25) is 12.7 Å². The molecule has 0 aliphatic carbocycles. The van der Waals surface area contributed by atoms with Gasteiger partial charge in [0.25, 0.3) is 0 Å². The van der Waals surface area contributed by atoms with Crippen LogP contribution in [0.3, 0.4) is 0 Å². The second-order valence-corrected chi connectivity index (χ2v) is 8.23. The summed E-state index contributed by atoms with van der Waals surface area (Å²) >= 11 is 0. The molecule has 2 aromatic rings. The molecule has 0 atom stereocenters. The van der Waals surface area contributed by atoms with Crippen LogP contribution in [0.15, 0.2) is 37.4 Å². The average molecular weight is 375 g/mol. The normalized spacial score (nSPS) is 11.3. The molecule has 0 bridgehead atoms. The van der Waals surface area contributed by atoms with E-state index >= 15 is 0 Å². The minimum Gasteiger partial charge on any atom is -0.240 e. The first-order valence-electron chi connectivity index (χ1n) is 11.3. The first-order chi connectivity index (χ1) is 13.2. The number of aryl methyl sites for hydroxylation is 4. The van der Waals surface area contributed by atoms with Crippen LogP contribution >= 0.6 is 0 Å². The summed E-state index contributed by atoms with van der Waals surface area (Å²) in [4.78, 5) is 0. The Labute approximate surface area is 166 Å². The zero-order valence-corrected chi connectivity index (χ0v) is 17.9. The Morgan fingerprint density at radius 3 is 1.04 bits per heavy atom. The molecule has 0 saturated carbocycles. The van der Waals surface area contributed by atoms with Gasteiger partial charge in [-0.2, -0.15) is 0 Å². The predicted octanol–water partition coefficient (Wildman–Crippen LogP) is 4.71. The van der Waals surface area contributed by atoms with Gasteiger partial charge >= 0.3 is 0 Å². The lowest BCUT2D eigenvalue weighted by atomic mass is 10.0. The van der Waals surface area contributed by atoms with E-state index in [0.717, 1.165) is 0 Å². The van der Waals surface area contributed by atoms with Gasteiger partial charge in [-0.15, -0.1) is 0 Å². The highest BCUT2D eigenvalue weighted by atomic mass is 15.1. The summed E-state index contributed by atoms with van der Waals surface area (Å²) in [6.07, 6.45) is 31.2. The molecule has 0 saturated heterocycles. The molecule has 2 aromatic heterocycles. The Morgan fingerprint density at radius 2 is 0.778 bits per heavy atom. The summed E-state index contributed by atoms with van der Waals surface area (Å²) in [6, 6.07) is 0. The quantitative estimate of drug-likeness (QED) is 0.299. The van der Waals surface area contributed by atoms with E-state index < -0.39 is 0 Å². The topological polar surface area (TPSA) is 17.6 Å². The van der Waals surface area contributed by atoms with Gasteiger partial charge < -0.3 is 0 Å². The molecule has 27 heavy (non-hydrogen) atoms. The van der Waals surface area contributed by atoms with Crippen molar-refractivity contribution >= 4 is 0 Å². The second kappa shape index (κ2) is 13.6. The van der Waals surface area contributed by atoms with Crippen LogP contribution in [0.25, 0.3) is 0 Å². The monoisotopic (exact) mass is 374 g/mol. The Morgan fingerprint density at radius 1 is 0.481 bits per heavy atom. The largest absolute Gasteiger partial charge is 0.243 e. The van der Waals surface area contributed by atoms with Crippen molar-refractivity contribution < 1.29 is 9.13 Å². The van der Waals surface area contributed by atoms with Crippen molar-refractivity contribution in [1.82, 2.24) is 9.13 Å². The zero-order valence-electron chi connectivity index (χ0n) is 17.9. The third-order valence-corrected chi connectivity index (χ3v) is 5.48. The fraction of sp³-hybridized carbons (Fsp3) is 0.739. The summed E-state index contributed by atoms with van der Waals surface area (Å²) in [7, 11) is 4.17. The number of aromatic nitrogens is 4. The van der Waals surface area contributed by atoms with E-state index in [1.54, 1.807) is 0 Å². The number of unbranched alkanes of at least 4 members (excludes halogenated alkanes) is 12. The lowest BCUT2D eigenvalue weighted by molar-refractivity contribution is -0.671. The zero-order chi connectivity index (χ0) is 19.2. The molecular weight excluding hydrogens is 332 g/mol. The summed E-state index contributed by atoms with van der Waals surface area (Å²) in [5.74, 6) is 0. The van der Waals surface area contributed by atoms with E-state index in [2.05, 4.69) is 69.8 Å². The van der Waals surface area contributed by atoms with Gasteiger partial charge in [-0.05, 0) is 25.7 Å². The number of rotatable bonds is 16. The van der Waals surface area contributed by atoms with Crippen molar-refractivity contribution in [3.8, 4) is 0 Å². The SMILES string of the molecule is C[n+]1ccn(CCCCCCCCCCCCCCCn2cc[n+](C)c2)c1. The number of hydrogen-bond acceptors (Lipinski definition) is 0. The molecule has 0 aliphatic rings. The number of imidazole rings is 2. The van der Waals surface area contributed by atoms with Gasteiger partial charge in [0, 0.05) is 0 Å². The van der Waals surface area contributed by atoms with Gasteiger partial charge in [-0.1, -0.05) is 57.8 Å². The van der Waals surface area contributed by atoms with Crippen LogP contribution < -0.4 is 9.13 Å². The Balaban J connectivity index is 1.26. The molecule has 0 aromatic carbocycles. The van der Waals surface area contributed by atoms with Crippen LogP contribution in [0.1, 0.15) is 83.5 Å². The van der Waals surface area contributed by atoms with Crippen molar-refractivity contribution in [2.45, 2.75) is 96.6 Å². The van der Waals surface area contributed by atoms with Crippen molar-refractivity contribution in [2.75, 3.05) is 0 Å². The van der Waals surface area contributed by atoms with Gasteiger partial charge in [0.15, 0.2) is 0 Å². The highest BCUT2D eigenvalue weighted by Crippen LogP contribution is 2.13. The summed E-state index contributed by atoms with van der Waals surface area (Å²) in [5, 5.41) is 0. The standard InChI is InChI=1S/C23H42N4/c1-24-18-20-26(22-24)16-14-12-10-8-6-4-3-5-7-9-11-13-15-17-27-21-19-25(2)23-27/h18-23H,3-17H2,1-2H3/q+2. The summed E-state index contributed by atoms with van der Waals surface area (Å²) in [6.45, 7) is 2.34. The number of hydrogen-bond donors (Lipinski definition) is 0. The van der Waals surface area contributed by atoms with Gasteiger partial charge in [-0.3, -0.25) is 0 Å². The molecule has 0 radical (unpaired) electrons. The maximum Gasteiger partial charge on any atom is 0.243 e. The molecule has 152 valence electrons. The van der Waals surface area contributed by atoms with E-state index in [1.807, 2.05) is 0 Å². The first kappa shape index (κ1) is 21.7. The van der Waals surface area contributed by atoms with Gasteiger partial charge in [0.05, 0.1) is 27.2 Å². The Bertz CT molecular complexity index is 547. The van der Waals surface area contributed by atoms with Crippen molar-refractivity contribution in [3.05, 3.63) is 37.4 Å². The fourth-order valence-electron chi connectivity index (χ4n) is 3.80. The highest BCUT2D eigenvalue weighted by molar-refractivity contribution is 4.66. The molecule has 0 fully saturated rings. The van der Waals surface area contributed by atoms with E-state index in [1.165, 1.54) is 96.6 Å². The molecule has 2 rings (SSSR count). The van der Waals surface area contributed by atoms with Crippen LogP contribution in [0.5, 0.6) is 0 Å². The van der Waals surface area contributed by atoms with Crippen LogP contribution in [-0.2, 0) is 27.2 Å². The Hall–Kier alpha value is -1.58. The first-order valence-corrected chi connectivity index (χ1v) is 11.3. The van der Waals surface area contributed by atoms with E-state index in [4.69, 9.17) is 0 Å². The fourth-order valence-corrected chi connectivity index (χ4v) is 3.80. The molecular formula is C23H42N4+2. The molecule has 2 heterocycles. The molecule has 4 nitrogen and oxygen atoms in total. The van der Waals surface area contributed by atoms with Crippen LogP contribution in [0.2, 0.25) is 0 Å². The maximum atomic E-state index is 2.29. The van der Waals surface area contributed by atoms with Gasteiger partial charge in [0.1, 0.15) is 24.8 Å².